The number of nitrogens with zero attached hydrogens (tertiary/aromatic N) is 1. The predicted molar refractivity (Wildman–Crippen MR) is 56.0 cm³/mol. The van der Waals surface area contributed by atoms with Crippen LogP contribution in [0.25, 0.3) is 0 Å². The van der Waals surface area contributed by atoms with Gasteiger partial charge < -0.3 is 0 Å². The van der Waals surface area contributed by atoms with E-state index in [4.69, 9.17) is 11.6 Å². The van der Waals surface area contributed by atoms with E-state index in [1.54, 1.807) is 6.08 Å². The van der Waals surface area contributed by atoms with Crippen molar-refractivity contribution in [2.45, 2.75) is 44.9 Å². The van der Waals surface area contributed by atoms with Gasteiger partial charge in [-0.25, -0.2) is 9.79 Å². The van der Waals surface area contributed by atoms with Crippen LogP contribution in [0.4, 0.5) is 0 Å². The summed E-state index contributed by atoms with van der Waals surface area (Å²) in [6.07, 6.45) is 9.93. The molecule has 0 aromatic heterocycles. The minimum Gasteiger partial charge on any atom is -0.211 e. The molecule has 0 saturated heterocycles. The maximum absolute atomic E-state index is 9.71. The molecule has 0 spiro atoms. The Hall–Kier alpha value is -0.330. The molecule has 0 aliphatic carbocycles. The minimum atomic E-state index is 0.644. The van der Waals surface area contributed by atoms with E-state index >= 15 is 0 Å². The third kappa shape index (κ3) is 11.7. The Bertz CT molecular complexity index is 144. The van der Waals surface area contributed by atoms with Crippen molar-refractivity contribution in [3.63, 3.8) is 0 Å². The Kier molecular flexibility index (Phi) is 11.4. The van der Waals surface area contributed by atoms with Crippen LogP contribution in [-0.4, -0.2) is 18.5 Å². The van der Waals surface area contributed by atoms with E-state index in [9.17, 15) is 4.79 Å². The highest BCUT2D eigenvalue weighted by Gasteiger charge is 1.90. The summed E-state index contributed by atoms with van der Waals surface area (Å²) in [5.41, 5.74) is 0. The SMILES string of the molecule is O=C=NCCCCCCCCCCl. The molecule has 0 heterocycles. The Morgan fingerprint density at radius 3 is 2.00 bits per heavy atom. The highest BCUT2D eigenvalue weighted by molar-refractivity contribution is 6.17. The molecule has 0 amide bonds. The Balaban J connectivity index is 2.87. The van der Waals surface area contributed by atoms with Gasteiger partial charge in [0.05, 0.1) is 6.54 Å². The van der Waals surface area contributed by atoms with Gasteiger partial charge in [-0.2, -0.15) is 0 Å². The second-order valence-corrected chi connectivity index (χ2v) is 3.51. The van der Waals surface area contributed by atoms with Crippen molar-refractivity contribution < 1.29 is 4.79 Å². The van der Waals surface area contributed by atoms with Crippen LogP contribution < -0.4 is 0 Å². The second kappa shape index (κ2) is 11.7. The van der Waals surface area contributed by atoms with Crippen LogP contribution in [0.1, 0.15) is 44.9 Å². The lowest BCUT2D eigenvalue weighted by molar-refractivity contribution is 0.559. The van der Waals surface area contributed by atoms with E-state index in [-0.39, 0.29) is 0 Å². The molecule has 3 heteroatoms. The largest absolute Gasteiger partial charge is 0.234 e. The molecule has 76 valence electrons. The second-order valence-electron chi connectivity index (χ2n) is 3.14. The zero-order valence-corrected chi connectivity index (χ0v) is 8.85. The third-order valence-corrected chi connectivity index (χ3v) is 2.24. The third-order valence-electron chi connectivity index (χ3n) is 1.97. The Morgan fingerprint density at radius 1 is 0.923 bits per heavy atom. The molecule has 0 unspecified atom stereocenters. The van der Waals surface area contributed by atoms with E-state index in [0.29, 0.717) is 6.54 Å². The first-order valence-corrected chi connectivity index (χ1v) is 5.55. The lowest BCUT2D eigenvalue weighted by Crippen LogP contribution is -1.83. The standard InChI is InChI=1S/C10H18ClNO/c11-8-6-4-2-1-3-5-7-9-12-10-13/h1-9H2. The molecule has 0 aromatic rings. The van der Waals surface area contributed by atoms with Crippen LogP contribution in [0, 0.1) is 0 Å². The van der Waals surface area contributed by atoms with Crippen molar-refractivity contribution in [3.8, 4) is 0 Å². The molecule has 0 saturated carbocycles. The normalized spacial score (nSPS) is 9.62. The van der Waals surface area contributed by atoms with E-state index in [1.165, 1.54) is 32.1 Å². The van der Waals surface area contributed by atoms with E-state index in [1.807, 2.05) is 0 Å². The fourth-order valence-corrected chi connectivity index (χ4v) is 1.40. The first-order valence-electron chi connectivity index (χ1n) is 5.01. The van der Waals surface area contributed by atoms with Gasteiger partial charge in [0.25, 0.3) is 0 Å². The van der Waals surface area contributed by atoms with Gasteiger partial charge in [-0.15, -0.1) is 11.6 Å². The molecule has 0 aromatic carbocycles. The van der Waals surface area contributed by atoms with Crippen molar-refractivity contribution in [3.05, 3.63) is 0 Å². The van der Waals surface area contributed by atoms with Gasteiger partial charge in [-0.1, -0.05) is 32.1 Å². The first kappa shape index (κ1) is 12.7. The van der Waals surface area contributed by atoms with Crippen molar-refractivity contribution >= 4 is 17.7 Å². The number of isocyanates is 1. The molecular weight excluding hydrogens is 186 g/mol. The van der Waals surface area contributed by atoms with E-state index in [0.717, 1.165) is 18.7 Å². The number of hydrogen-bond donors (Lipinski definition) is 0. The lowest BCUT2D eigenvalue weighted by atomic mass is 10.1. The zero-order valence-electron chi connectivity index (χ0n) is 8.10. The Labute approximate surface area is 85.4 Å². The molecule has 13 heavy (non-hydrogen) atoms. The van der Waals surface area contributed by atoms with Crippen LogP contribution in [0.3, 0.4) is 0 Å². The quantitative estimate of drug-likeness (QED) is 0.245. The van der Waals surface area contributed by atoms with E-state index in [2.05, 4.69) is 4.99 Å². The number of unbranched alkanes of at least 4 members (excludes halogenated alkanes) is 6. The molecule has 0 N–H and O–H groups in total. The van der Waals surface area contributed by atoms with Crippen LogP contribution in [0.2, 0.25) is 0 Å². The number of carbonyl (C=O) groups excluding carboxylic acids is 1. The number of aliphatic imine (C=N–C) groups is 1. The van der Waals surface area contributed by atoms with Crippen molar-refractivity contribution in [2.24, 2.45) is 4.99 Å². The molecule has 0 fully saturated rings. The summed E-state index contributed by atoms with van der Waals surface area (Å²) in [5, 5.41) is 0. The topological polar surface area (TPSA) is 29.4 Å². The molecule has 0 aliphatic rings. The molecule has 0 rings (SSSR count). The van der Waals surface area contributed by atoms with Gasteiger partial charge in [0.1, 0.15) is 0 Å². The van der Waals surface area contributed by atoms with Gasteiger partial charge in [0.2, 0.25) is 6.08 Å². The van der Waals surface area contributed by atoms with Gasteiger partial charge in [-0.3, -0.25) is 0 Å². The maximum Gasteiger partial charge on any atom is 0.234 e. The van der Waals surface area contributed by atoms with Crippen molar-refractivity contribution in [1.82, 2.24) is 0 Å². The lowest BCUT2D eigenvalue weighted by Gasteiger charge is -1.98. The first-order chi connectivity index (χ1) is 6.41. The highest BCUT2D eigenvalue weighted by Crippen LogP contribution is 2.07. The van der Waals surface area contributed by atoms with Crippen LogP contribution in [0.15, 0.2) is 4.99 Å². The molecular formula is C10H18ClNO. The predicted octanol–water partition coefficient (Wildman–Crippen LogP) is 3.29. The van der Waals surface area contributed by atoms with Gasteiger partial charge in [-0.05, 0) is 12.8 Å². The zero-order chi connectivity index (χ0) is 9.78. The van der Waals surface area contributed by atoms with Crippen molar-refractivity contribution in [2.75, 3.05) is 12.4 Å². The fraction of sp³-hybridized carbons (Fsp3) is 0.900. The number of alkyl halides is 1. The Morgan fingerprint density at radius 2 is 1.46 bits per heavy atom. The minimum absolute atomic E-state index is 0.644. The fourth-order valence-electron chi connectivity index (χ4n) is 1.21. The monoisotopic (exact) mass is 203 g/mol. The maximum atomic E-state index is 9.71. The van der Waals surface area contributed by atoms with Crippen LogP contribution in [-0.2, 0) is 4.79 Å². The molecule has 0 atom stereocenters. The average molecular weight is 204 g/mol. The number of rotatable bonds is 9. The summed E-state index contributed by atoms with van der Waals surface area (Å²) >= 11 is 5.55. The van der Waals surface area contributed by atoms with Gasteiger partial charge in [0, 0.05) is 5.88 Å². The summed E-state index contributed by atoms with van der Waals surface area (Å²) < 4.78 is 0. The molecule has 2 nitrogen and oxygen atoms in total. The smallest absolute Gasteiger partial charge is 0.211 e. The average Bonchev–Trinajstić information content (AvgIpc) is 2.16. The number of hydrogen-bond acceptors (Lipinski definition) is 2. The number of halogens is 1. The highest BCUT2D eigenvalue weighted by atomic mass is 35.5. The van der Waals surface area contributed by atoms with Crippen molar-refractivity contribution in [1.29, 1.82) is 0 Å². The summed E-state index contributed by atoms with van der Waals surface area (Å²) in [6, 6.07) is 0. The molecule has 0 bridgehead atoms. The van der Waals surface area contributed by atoms with Gasteiger partial charge in [0.15, 0.2) is 0 Å². The summed E-state index contributed by atoms with van der Waals surface area (Å²) in [5.74, 6) is 0.786. The molecule has 0 aliphatic heterocycles. The van der Waals surface area contributed by atoms with E-state index < -0.39 is 0 Å². The summed E-state index contributed by atoms with van der Waals surface area (Å²) in [6.45, 7) is 0.644. The summed E-state index contributed by atoms with van der Waals surface area (Å²) in [4.78, 5) is 13.2. The van der Waals surface area contributed by atoms with Crippen LogP contribution in [0.5, 0.6) is 0 Å². The van der Waals surface area contributed by atoms with Gasteiger partial charge >= 0.3 is 0 Å². The van der Waals surface area contributed by atoms with Crippen LogP contribution >= 0.6 is 11.6 Å². The molecule has 0 radical (unpaired) electrons. The summed E-state index contributed by atoms with van der Waals surface area (Å²) in [7, 11) is 0.